The summed E-state index contributed by atoms with van der Waals surface area (Å²) < 4.78 is 45.0. The van der Waals surface area contributed by atoms with E-state index in [0.717, 1.165) is 22.7 Å². The topological polar surface area (TPSA) is 69.2 Å². The van der Waals surface area contributed by atoms with E-state index in [9.17, 15) is 23.3 Å². The SMILES string of the molecule is Cc1noc(C[C@@H](c2ccc(C(F)(F)F)cc2)P(c2ccccc2)c2ccccc2)c1[N+](=O)[O-]. The molecule has 0 fully saturated rings. The number of hydrogen-bond acceptors (Lipinski definition) is 4. The van der Waals surface area contributed by atoms with Crippen molar-refractivity contribution in [2.45, 2.75) is 25.2 Å². The summed E-state index contributed by atoms with van der Waals surface area (Å²) in [7, 11) is -1.17. The average Bonchev–Trinajstić information content (AvgIpc) is 3.20. The Morgan fingerprint density at radius 1 is 0.941 bits per heavy atom. The van der Waals surface area contributed by atoms with Crippen LogP contribution in [0, 0.1) is 17.0 Å². The fourth-order valence-corrected chi connectivity index (χ4v) is 6.72. The largest absolute Gasteiger partial charge is 0.416 e. The van der Waals surface area contributed by atoms with Crippen LogP contribution < -0.4 is 10.6 Å². The van der Waals surface area contributed by atoms with Crippen LogP contribution in [0.1, 0.15) is 28.2 Å². The third-order valence-electron chi connectivity index (χ3n) is 5.46. The van der Waals surface area contributed by atoms with E-state index in [1.54, 1.807) is 0 Å². The maximum absolute atomic E-state index is 13.2. The van der Waals surface area contributed by atoms with Gasteiger partial charge in [-0.05, 0) is 43.2 Å². The molecule has 9 heteroatoms. The van der Waals surface area contributed by atoms with Gasteiger partial charge in [0.25, 0.3) is 0 Å². The molecule has 3 aromatic carbocycles. The molecule has 0 spiro atoms. The zero-order valence-corrected chi connectivity index (χ0v) is 19.0. The quantitative estimate of drug-likeness (QED) is 0.175. The first-order valence-corrected chi connectivity index (χ1v) is 11.8. The zero-order chi connectivity index (χ0) is 24.3. The van der Waals surface area contributed by atoms with Crippen LogP contribution in [0.4, 0.5) is 18.9 Å². The van der Waals surface area contributed by atoms with Crippen LogP contribution in [-0.4, -0.2) is 10.1 Å². The molecule has 4 aromatic rings. The minimum Gasteiger partial charge on any atom is -0.354 e. The van der Waals surface area contributed by atoms with Gasteiger partial charge in [-0.2, -0.15) is 13.2 Å². The van der Waals surface area contributed by atoms with Gasteiger partial charge in [-0.25, -0.2) is 0 Å². The molecule has 1 atom stereocenters. The molecule has 1 heterocycles. The number of aromatic nitrogens is 1. The highest BCUT2D eigenvalue weighted by atomic mass is 31.1. The van der Waals surface area contributed by atoms with Gasteiger partial charge in [-0.15, -0.1) is 0 Å². The Labute approximate surface area is 195 Å². The number of hydrogen-bond donors (Lipinski definition) is 0. The highest BCUT2D eigenvalue weighted by Gasteiger charge is 2.34. The first-order chi connectivity index (χ1) is 16.3. The van der Waals surface area contributed by atoms with E-state index in [0.29, 0.717) is 5.56 Å². The second kappa shape index (κ2) is 9.77. The van der Waals surface area contributed by atoms with Crippen LogP contribution in [0.5, 0.6) is 0 Å². The molecule has 0 N–H and O–H groups in total. The molecule has 0 unspecified atom stereocenters. The van der Waals surface area contributed by atoms with Crippen molar-refractivity contribution in [3.63, 3.8) is 0 Å². The lowest BCUT2D eigenvalue weighted by molar-refractivity contribution is -0.386. The van der Waals surface area contributed by atoms with Gasteiger partial charge in [0.2, 0.25) is 5.76 Å². The number of rotatable bonds is 7. The van der Waals surface area contributed by atoms with Gasteiger partial charge < -0.3 is 4.52 Å². The van der Waals surface area contributed by atoms with E-state index >= 15 is 0 Å². The van der Waals surface area contributed by atoms with Crippen molar-refractivity contribution < 1.29 is 22.6 Å². The average molecular weight is 484 g/mol. The van der Waals surface area contributed by atoms with Crippen molar-refractivity contribution >= 4 is 24.2 Å². The van der Waals surface area contributed by atoms with Gasteiger partial charge in [-0.1, -0.05) is 78.0 Å². The van der Waals surface area contributed by atoms with E-state index in [4.69, 9.17) is 4.52 Å². The van der Waals surface area contributed by atoms with E-state index in [2.05, 4.69) is 5.16 Å². The van der Waals surface area contributed by atoms with Gasteiger partial charge in [0.1, 0.15) is 0 Å². The van der Waals surface area contributed by atoms with Crippen molar-refractivity contribution in [2.75, 3.05) is 0 Å². The highest BCUT2D eigenvalue weighted by molar-refractivity contribution is 7.73. The maximum Gasteiger partial charge on any atom is 0.416 e. The Bertz CT molecular complexity index is 1220. The normalized spacial score (nSPS) is 12.6. The van der Waals surface area contributed by atoms with E-state index in [1.165, 1.54) is 19.1 Å². The van der Waals surface area contributed by atoms with Crippen LogP contribution in [-0.2, 0) is 12.6 Å². The standard InChI is InChI=1S/C25H20F3N2O3P/c1-17-24(30(31)32)22(33-29-17)16-23(18-12-14-19(15-13-18)25(26,27)28)34(20-8-4-2-5-9-20)21-10-6-3-7-11-21/h2-15,23H,16H2,1H3/t23-/m0/s1. The van der Waals surface area contributed by atoms with Gasteiger partial charge in [0.05, 0.1) is 10.5 Å². The molecule has 0 radical (unpaired) electrons. The summed E-state index contributed by atoms with van der Waals surface area (Å²) in [6.07, 6.45) is -4.35. The first-order valence-electron chi connectivity index (χ1n) is 10.4. The third-order valence-corrected chi connectivity index (χ3v) is 8.28. The Balaban J connectivity index is 1.88. The number of benzene rings is 3. The lowest BCUT2D eigenvalue weighted by Crippen LogP contribution is -2.19. The molecule has 5 nitrogen and oxygen atoms in total. The minimum absolute atomic E-state index is 0.103. The second-order valence-corrected chi connectivity index (χ2v) is 10.1. The molecule has 0 aliphatic heterocycles. The van der Waals surface area contributed by atoms with Gasteiger partial charge >= 0.3 is 11.9 Å². The zero-order valence-electron chi connectivity index (χ0n) is 18.1. The lowest BCUT2D eigenvalue weighted by Gasteiger charge is -2.28. The third kappa shape index (κ3) is 5.02. The van der Waals surface area contributed by atoms with Crippen LogP contribution in [0.3, 0.4) is 0 Å². The fraction of sp³-hybridized carbons (Fsp3) is 0.160. The molecule has 34 heavy (non-hydrogen) atoms. The molecule has 0 saturated heterocycles. The molecule has 174 valence electrons. The van der Waals surface area contributed by atoms with Gasteiger partial charge in [-0.3, -0.25) is 10.1 Å². The number of nitrogens with zero attached hydrogens (tertiary/aromatic N) is 2. The summed E-state index contributed by atoms with van der Waals surface area (Å²) >= 11 is 0. The molecule has 0 aliphatic rings. The summed E-state index contributed by atoms with van der Waals surface area (Å²) in [6.45, 7) is 1.50. The monoisotopic (exact) mass is 484 g/mol. The molecule has 0 saturated carbocycles. The molecular weight excluding hydrogens is 464 g/mol. The van der Waals surface area contributed by atoms with Crippen molar-refractivity contribution in [2.24, 2.45) is 0 Å². The Kier molecular flexibility index (Phi) is 6.80. The molecular formula is C25H20F3N2O3P. The van der Waals surface area contributed by atoms with Crippen molar-refractivity contribution in [1.82, 2.24) is 5.16 Å². The molecule has 1 aromatic heterocycles. The number of aryl methyl sites for hydroxylation is 1. The van der Waals surface area contributed by atoms with Crippen molar-refractivity contribution in [3.8, 4) is 0 Å². The lowest BCUT2D eigenvalue weighted by atomic mass is 10.0. The Morgan fingerprint density at radius 2 is 1.47 bits per heavy atom. The van der Waals surface area contributed by atoms with Crippen molar-refractivity contribution in [3.05, 3.63) is 118 Å². The number of nitro groups is 1. The summed E-state index contributed by atoms with van der Waals surface area (Å²) in [6, 6.07) is 24.2. The van der Waals surface area contributed by atoms with E-state index in [-0.39, 0.29) is 23.6 Å². The summed E-state index contributed by atoms with van der Waals surface area (Å²) in [5.74, 6) is 0.103. The predicted octanol–water partition coefficient (Wildman–Crippen LogP) is 6.33. The molecule has 0 amide bonds. The highest BCUT2D eigenvalue weighted by Crippen LogP contribution is 2.52. The van der Waals surface area contributed by atoms with Crippen LogP contribution in [0.2, 0.25) is 0 Å². The Hall–Kier alpha value is -3.51. The predicted molar refractivity (Wildman–Crippen MR) is 125 cm³/mol. The van der Waals surface area contributed by atoms with Crippen molar-refractivity contribution in [1.29, 1.82) is 0 Å². The summed E-state index contributed by atoms with van der Waals surface area (Å²) in [5, 5.41) is 17.4. The summed E-state index contributed by atoms with van der Waals surface area (Å²) in [5.41, 5.74) is -0.550. The number of halogens is 3. The van der Waals surface area contributed by atoms with Gasteiger partial charge in [0.15, 0.2) is 5.69 Å². The molecule has 4 rings (SSSR count). The minimum atomic E-state index is -4.46. The van der Waals surface area contributed by atoms with Crippen LogP contribution in [0.15, 0.2) is 89.5 Å². The Morgan fingerprint density at radius 3 is 1.94 bits per heavy atom. The summed E-state index contributed by atoms with van der Waals surface area (Å²) in [4.78, 5) is 11.1. The molecule has 0 aliphatic carbocycles. The molecule has 0 bridgehead atoms. The number of alkyl halides is 3. The van der Waals surface area contributed by atoms with E-state index < -0.39 is 30.2 Å². The maximum atomic E-state index is 13.2. The fourth-order valence-electron chi connectivity index (χ4n) is 3.89. The van der Waals surface area contributed by atoms with Crippen LogP contribution >= 0.6 is 7.92 Å². The second-order valence-electron chi connectivity index (χ2n) is 7.68. The first kappa shape index (κ1) is 23.6. The van der Waals surface area contributed by atoms with E-state index in [1.807, 2.05) is 60.7 Å². The van der Waals surface area contributed by atoms with Crippen LogP contribution in [0.25, 0.3) is 0 Å². The van der Waals surface area contributed by atoms with Gasteiger partial charge in [0, 0.05) is 12.1 Å². The smallest absolute Gasteiger partial charge is 0.354 e.